The summed E-state index contributed by atoms with van der Waals surface area (Å²) in [4.78, 5) is 35.5. The van der Waals surface area contributed by atoms with E-state index in [-0.39, 0.29) is 13.0 Å². The van der Waals surface area contributed by atoms with Crippen LogP contribution in [-0.2, 0) is 25.5 Å². The van der Waals surface area contributed by atoms with E-state index in [1.54, 1.807) is 20.8 Å². The number of nitrogens with one attached hydrogen (secondary N) is 2. The number of methoxy groups -OCH3 is 1. The fourth-order valence-electron chi connectivity index (χ4n) is 2.02. The molecule has 0 spiro atoms. The van der Waals surface area contributed by atoms with Crippen molar-refractivity contribution >= 4 is 18.0 Å². The normalized spacial score (nSPS) is 12.0. The van der Waals surface area contributed by atoms with Gasteiger partial charge in [0.15, 0.2) is 0 Å². The first-order chi connectivity index (χ1) is 11.7. The molecule has 1 rings (SSSR count). The first kappa shape index (κ1) is 20.5. The molecule has 138 valence electrons. The molecule has 7 heteroatoms. The van der Waals surface area contributed by atoms with Crippen molar-refractivity contribution in [1.82, 2.24) is 10.6 Å². The molecule has 7 nitrogen and oxygen atoms in total. The summed E-state index contributed by atoms with van der Waals surface area (Å²) in [5.74, 6) is -0.807. The molecule has 25 heavy (non-hydrogen) atoms. The van der Waals surface area contributed by atoms with Gasteiger partial charge in [-0.05, 0) is 26.3 Å². The van der Waals surface area contributed by atoms with Gasteiger partial charge in [0, 0.05) is 13.0 Å². The highest BCUT2D eigenvalue weighted by molar-refractivity contribution is 5.86. The van der Waals surface area contributed by atoms with E-state index in [4.69, 9.17) is 4.74 Å². The highest BCUT2D eigenvalue weighted by Gasteiger charge is 2.24. The summed E-state index contributed by atoms with van der Waals surface area (Å²) in [5.41, 5.74) is 0.231. The number of rotatable bonds is 7. The summed E-state index contributed by atoms with van der Waals surface area (Å²) in [6, 6.07) is 8.51. The monoisotopic (exact) mass is 350 g/mol. The Labute approximate surface area is 148 Å². The molecule has 0 saturated heterocycles. The van der Waals surface area contributed by atoms with Crippen molar-refractivity contribution in [1.29, 1.82) is 0 Å². The predicted octanol–water partition coefficient (Wildman–Crippen LogP) is 1.80. The standard InChI is InChI=1S/C18H26N2O5/c1-18(2,3)25-17(23)20-14(12-13-8-6-5-7-9-13)16(22)19-11-10-15(21)24-4/h5-9,14H,10-12H2,1-4H3,(H,19,22)(H,20,23). The molecule has 0 aliphatic carbocycles. The summed E-state index contributed by atoms with van der Waals surface area (Å²) in [6.07, 6.45) is -0.298. The number of carbonyl (C=O) groups excluding carboxylic acids is 3. The van der Waals surface area contributed by atoms with E-state index in [2.05, 4.69) is 15.4 Å². The molecule has 0 saturated carbocycles. The zero-order valence-corrected chi connectivity index (χ0v) is 15.1. The number of ether oxygens (including phenoxy) is 2. The van der Waals surface area contributed by atoms with Crippen LogP contribution in [0.1, 0.15) is 32.8 Å². The van der Waals surface area contributed by atoms with Crippen LogP contribution in [0, 0.1) is 0 Å². The van der Waals surface area contributed by atoms with Crippen LogP contribution in [0.25, 0.3) is 0 Å². The summed E-state index contributed by atoms with van der Waals surface area (Å²) in [6.45, 7) is 5.37. The van der Waals surface area contributed by atoms with Gasteiger partial charge in [0.05, 0.1) is 13.5 Å². The summed E-state index contributed by atoms with van der Waals surface area (Å²) in [5, 5.41) is 5.21. The number of hydrogen-bond donors (Lipinski definition) is 2. The number of esters is 1. The van der Waals surface area contributed by atoms with Crippen molar-refractivity contribution in [2.24, 2.45) is 0 Å². The Hall–Kier alpha value is -2.57. The van der Waals surface area contributed by atoms with Gasteiger partial charge in [0.25, 0.3) is 0 Å². The van der Waals surface area contributed by atoms with Gasteiger partial charge < -0.3 is 20.1 Å². The highest BCUT2D eigenvalue weighted by atomic mass is 16.6. The molecule has 0 bridgehead atoms. The SMILES string of the molecule is COC(=O)CCNC(=O)C(Cc1ccccc1)NC(=O)OC(C)(C)C. The van der Waals surface area contributed by atoms with Crippen molar-refractivity contribution in [2.75, 3.05) is 13.7 Å². The average Bonchev–Trinajstić information content (AvgIpc) is 2.53. The fraction of sp³-hybridized carbons (Fsp3) is 0.500. The van der Waals surface area contributed by atoms with Gasteiger partial charge in [-0.2, -0.15) is 0 Å². The first-order valence-electron chi connectivity index (χ1n) is 8.09. The van der Waals surface area contributed by atoms with E-state index in [0.29, 0.717) is 6.42 Å². The second-order valence-electron chi connectivity index (χ2n) is 6.51. The Bertz CT molecular complexity index is 581. The van der Waals surface area contributed by atoms with Crippen LogP contribution in [0.15, 0.2) is 30.3 Å². The maximum Gasteiger partial charge on any atom is 0.408 e. The molecule has 1 aromatic rings. The molecular formula is C18H26N2O5. The molecule has 1 atom stereocenters. The second kappa shape index (κ2) is 9.66. The number of amides is 2. The Morgan fingerprint density at radius 1 is 1.12 bits per heavy atom. The van der Waals surface area contributed by atoms with Gasteiger partial charge in [0.2, 0.25) is 5.91 Å². The molecule has 0 radical (unpaired) electrons. The number of alkyl carbamates (subject to hydrolysis) is 1. The molecule has 1 unspecified atom stereocenters. The van der Waals surface area contributed by atoms with Gasteiger partial charge in [-0.3, -0.25) is 9.59 Å². The van der Waals surface area contributed by atoms with Gasteiger partial charge in [-0.15, -0.1) is 0 Å². The van der Waals surface area contributed by atoms with Crippen molar-refractivity contribution in [2.45, 2.75) is 45.3 Å². The first-order valence-corrected chi connectivity index (χ1v) is 8.09. The van der Waals surface area contributed by atoms with E-state index in [1.807, 2.05) is 30.3 Å². The predicted molar refractivity (Wildman–Crippen MR) is 92.9 cm³/mol. The van der Waals surface area contributed by atoms with Gasteiger partial charge >= 0.3 is 12.1 Å². The highest BCUT2D eigenvalue weighted by Crippen LogP contribution is 2.08. The van der Waals surface area contributed by atoms with Gasteiger partial charge in [0.1, 0.15) is 11.6 Å². The quantitative estimate of drug-likeness (QED) is 0.732. The third-order valence-electron chi connectivity index (χ3n) is 3.15. The summed E-state index contributed by atoms with van der Waals surface area (Å²) < 4.78 is 9.74. The molecule has 0 heterocycles. The van der Waals surface area contributed by atoms with Crippen LogP contribution in [0.4, 0.5) is 4.79 Å². The zero-order valence-electron chi connectivity index (χ0n) is 15.1. The lowest BCUT2D eigenvalue weighted by Gasteiger charge is -2.23. The Morgan fingerprint density at radius 3 is 2.32 bits per heavy atom. The molecule has 1 aromatic carbocycles. The van der Waals surface area contributed by atoms with Crippen LogP contribution in [0.3, 0.4) is 0 Å². The molecule has 0 aliphatic heterocycles. The van der Waals surface area contributed by atoms with E-state index in [9.17, 15) is 14.4 Å². The maximum atomic E-state index is 12.4. The van der Waals surface area contributed by atoms with E-state index >= 15 is 0 Å². The van der Waals surface area contributed by atoms with Crippen molar-refractivity contribution in [3.63, 3.8) is 0 Å². The van der Waals surface area contributed by atoms with Crippen LogP contribution >= 0.6 is 0 Å². The number of benzene rings is 1. The fourth-order valence-corrected chi connectivity index (χ4v) is 2.02. The van der Waals surface area contributed by atoms with Crippen LogP contribution in [0.5, 0.6) is 0 Å². The molecule has 2 amide bonds. The van der Waals surface area contributed by atoms with Crippen molar-refractivity contribution in [3.05, 3.63) is 35.9 Å². The van der Waals surface area contributed by atoms with Gasteiger partial charge in [-0.1, -0.05) is 30.3 Å². The number of carbonyl (C=O) groups is 3. The smallest absolute Gasteiger partial charge is 0.408 e. The van der Waals surface area contributed by atoms with Crippen LogP contribution < -0.4 is 10.6 Å². The summed E-state index contributed by atoms with van der Waals surface area (Å²) >= 11 is 0. The van der Waals surface area contributed by atoms with Gasteiger partial charge in [-0.25, -0.2) is 4.79 Å². The van der Waals surface area contributed by atoms with Crippen molar-refractivity contribution < 1.29 is 23.9 Å². The topological polar surface area (TPSA) is 93.7 Å². The Balaban J connectivity index is 2.71. The third kappa shape index (κ3) is 8.74. The van der Waals surface area contributed by atoms with Crippen LogP contribution in [0.2, 0.25) is 0 Å². The molecular weight excluding hydrogens is 324 g/mol. The lowest BCUT2D eigenvalue weighted by atomic mass is 10.1. The van der Waals surface area contributed by atoms with E-state index in [1.165, 1.54) is 7.11 Å². The maximum absolute atomic E-state index is 12.4. The van der Waals surface area contributed by atoms with Crippen LogP contribution in [-0.4, -0.2) is 43.3 Å². The summed E-state index contributed by atoms with van der Waals surface area (Å²) in [7, 11) is 1.28. The lowest BCUT2D eigenvalue weighted by Crippen LogP contribution is -2.49. The third-order valence-corrected chi connectivity index (χ3v) is 3.15. The minimum absolute atomic E-state index is 0.0622. The Kier molecular flexibility index (Phi) is 7.91. The zero-order chi connectivity index (χ0) is 18.9. The molecule has 2 N–H and O–H groups in total. The molecule has 0 fully saturated rings. The largest absolute Gasteiger partial charge is 0.469 e. The number of hydrogen-bond acceptors (Lipinski definition) is 5. The van der Waals surface area contributed by atoms with E-state index in [0.717, 1.165) is 5.56 Å². The van der Waals surface area contributed by atoms with E-state index < -0.39 is 29.6 Å². The lowest BCUT2D eigenvalue weighted by molar-refractivity contribution is -0.140. The second-order valence-corrected chi connectivity index (χ2v) is 6.51. The molecule has 0 aromatic heterocycles. The molecule has 0 aliphatic rings. The van der Waals surface area contributed by atoms with Crippen molar-refractivity contribution in [3.8, 4) is 0 Å². The Morgan fingerprint density at radius 2 is 1.76 bits per heavy atom. The average molecular weight is 350 g/mol. The minimum atomic E-state index is -0.810. The minimum Gasteiger partial charge on any atom is -0.469 e.